The van der Waals surface area contributed by atoms with E-state index in [4.69, 9.17) is 9.47 Å². The van der Waals surface area contributed by atoms with Crippen molar-refractivity contribution in [2.24, 2.45) is 5.41 Å². The maximum absolute atomic E-state index is 13.0. The minimum atomic E-state index is -1.51. The van der Waals surface area contributed by atoms with Crippen molar-refractivity contribution in [1.29, 1.82) is 0 Å². The van der Waals surface area contributed by atoms with Gasteiger partial charge in [0.2, 0.25) is 0 Å². The van der Waals surface area contributed by atoms with Gasteiger partial charge in [-0.1, -0.05) is 5.57 Å². The molecule has 0 aromatic carbocycles. The van der Waals surface area contributed by atoms with Gasteiger partial charge in [0.05, 0.1) is 13.2 Å². The van der Waals surface area contributed by atoms with E-state index in [1.165, 1.54) is 0 Å². The number of fused-ring (bicyclic) bond motifs is 1. The highest BCUT2D eigenvalue weighted by atomic mass is 16.7. The van der Waals surface area contributed by atoms with Crippen LogP contribution in [0.15, 0.2) is 33.9 Å². The molecule has 8 heteroatoms. The fourth-order valence-corrected chi connectivity index (χ4v) is 4.97. The molecule has 0 bridgehead atoms. The first-order valence-electron chi connectivity index (χ1n) is 9.89. The number of hydrogen-bond acceptors (Lipinski definition) is 8. The molecule has 5 N–H and O–H groups in total. The normalized spacial score (nSPS) is 41.2. The summed E-state index contributed by atoms with van der Waals surface area (Å²) in [5.41, 5.74) is 1.81. The maximum Gasteiger partial charge on any atom is 0.195 e. The van der Waals surface area contributed by atoms with E-state index in [1.54, 1.807) is 13.0 Å². The van der Waals surface area contributed by atoms with Gasteiger partial charge in [0.1, 0.15) is 30.0 Å². The van der Waals surface area contributed by atoms with Gasteiger partial charge in [-0.05, 0) is 56.4 Å². The molecule has 1 spiro atoms. The summed E-state index contributed by atoms with van der Waals surface area (Å²) >= 11 is 0. The van der Waals surface area contributed by atoms with Crippen LogP contribution in [-0.2, 0) is 14.3 Å². The topological polar surface area (TPSA) is 137 Å². The number of rotatable bonds is 4. The molecule has 6 atom stereocenters. The minimum absolute atomic E-state index is 0.00665. The smallest absolute Gasteiger partial charge is 0.195 e. The second-order valence-electron chi connectivity index (χ2n) is 8.71. The largest absolute Gasteiger partial charge is 0.394 e. The number of Topliss-reactive ketones (excluding diaryl/α,β-unsaturated/α-hetero) is 1. The van der Waals surface area contributed by atoms with Crippen LogP contribution in [0.25, 0.3) is 0 Å². The fourth-order valence-electron chi connectivity index (χ4n) is 4.97. The zero-order chi connectivity index (χ0) is 21.3. The molecular formula is C21H28O8. The molecular weight excluding hydrogens is 380 g/mol. The Morgan fingerprint density at radius 3 is 2.41 bits per heavy atom. The van der Waals surface area contributed by atoms with Gasteiger partial charge in [-0.25, -0.2) is 0 Å². The Morgan fingerprint density at radius 1 is 1.17 bits per heavy atom. The van der Waals surface area contributed by atoms with Crippen molar-refractivity contribution in [3.05, 3.63) is 33.9 Å². The Hall–Kier alpha value is -1.39. The molecule has 4 aliphatic rings. The van der Waals surface area contributed by atoms with Crippen LogP contribution in [0.5, 0.6) is 0 Å². The molecule has 1 saturated heterocycles. The van der Waals surface area contributed by atoms with Gasteiger partial charge in [0, 0.05) is 11.0 Å². The Morgan fingerprint density at radius 2 is 1.83 bits per heavy atom. The molecule has 29 heavy (non-hydrogen) atoms. The number of aliphatic hydroxyl groups excluding tert-OH is 4. The molecule has 3 aliphatic carbocycles. The van der Waals surface area contributed by atoms with Crippen LogP contribution in [0.3, 0.4) is 0 Å². The van der Waals surface area contributed by atoms with Gasteiger partial charge in [0.25, 0.3) is 0 Å². The Bertz CT molecular complexity index is 830. The van der Waals surface area contributed by atoms with Crippen molar-refractivity contribution in [2.75, 3.05) is 13.2 Å². The number of aliphatic hydroxyl groups is 5. The lowest BCUT2D eigenvalue weighted by Crippen LogP contribution is -2.59. The zero-order valence-corrected chi connectivity index (χ0v) is 16.8. The standard InChI is InChI=1S/C21H28O8/c1-9-6-11-14(10(2)21(4-5-21)20(3,27)18(11)26)12(9)8-28-19-17(25)16(24)15(23)13(7-22)29-19/h6,13,15-17,19,22-25,27H,4-5,7-8H2,1-3H3/t13-,15-,16+,17-,19+,20?/m0/s1. The minimum Gasteiger partial charge on any atom is -0.394 e. The van der Waals surface area contributed by atoms with E-state index < -0.39 is 48.3 Å². The molecule has 0 radical (unpaired) electrons. The van der Waals surface area contributed by atoms with E-state index in [1.807, 2.05) is 13.8 Å². The van der Waals surface area contributed by atoms with Crippen LogP contribution in [0.1, 0.15) is 33.6 Å². The van der Waals surface area contributed by atoms with Crippen molar-refractivity contribution < 1.29 is 39.8 Å². The summed E-state index contributed by atoms with van der Waals surface area (Å²) in [5.74, 6) is -0.294. The molecule has 4 rings (SSSR count). The summed E-state index contributed by atoms with van der Waals surface area (Å²) < 4.78 is 11.1. The summed E-state index contributed by atoms with van der Waals surface area (Å²) in [5, 5.41) is 50.2. The van der Waals surface area contributed by atoms with Gasteiger partial charge in [0.15, 0.2) is 12.1 Å². The number of hydrogen-bond donors (Lipinski definition) is 5. The van der Waals surface area contributed by atoms with Crippen molar-refractivity contribution in [3.63, 3.8) is 0 Å². The summed E-state index contributed by atoms with van der Waals surface area (Å²) in [6, 6.07) is 0. The molecule has 1 heterocycles. The predicted molar refractivity (Wildman–Crippen MR) is 101 cm³/mol. The molecule has 1 saturated carbocycles. The number of carbonyl (C=O) groups is 1. The van der Waals surface area contributed by atoms with E-state index in [9.17, 15) is 30.3 Å². The summed E-state index contributed by atoms with van der Waals surface area (Å²) in [7, 11) is 0. The number of allylic oxidation sites excluding steroid dienone is 2. The number of ether oxygens (including phenoxy) is 2. The summed E-state index contributed by atoms with van der Waals surface area (Å²) in [4.78, 5) is 13.0. The monoisotopic (exact) mass is 408 g/mol. The van der Waals surface area contributed by atoms with Crippen LogP contribution >= 0.6 is 0 Å². The number of carbonyl (C=O) groups excluding carboxylic acids is 1. The predicted octanol–water partition coefficient (Wildman–Crippen LogP) is -0.510. The first kappa shape index (κ1) is 20.9. The average molecular weight is 408 g/mol. The zero-order valence-electron chi connectivity index (χ0n) is 16.8. The van der Waals surface area contributed by atoms with Crippen molar-refractivity contribution in [3.8, 4) is 0 Å². The van der Waals surface area contributed by atoms with E-state index >= 15 is 0 Å². The third-order valence-corrected chi connectivity index (χ3v) is 7.11. The fraction of sp³-hybridized carbons (Fsp3) is 0.667. The van der Waals surface area contributed by atoms with Gasteiger partial charge in [-0.2, -0.15) is 0 Å². The summed E-state index contributed by atoms with van der Waals surface area (Å²) in [6.07, 6.45) is -3.50. The van der Waals surface area contributed by atoms with E-state index in [0.29, 0.717) is 5.57 Å². The first-order valence-corrected chi connectivity index (χ1v) is 9.89. The van der Waals surface area contributed by atoms with E-state index in [-0.39, 0.29) is 12.4 Å². The highest BCUT2D eigenvalue weighted by Gasteiger charge is 2.65. The molecule has 2 fully saturated rings. The van der Waals surface area contributed by atoms with Gasteiger partial charge in [-0.15, -0.1) is 0 Å². The summed E-state index contributed by atoms with van der Waals surface area (Å²) in [6.45, 7) is 4.84. The maximum atomic E-state index is 13.0. The molecule has 1 unspecified atom stereocenters. The Labute approximate surface area is 168 Å². The molecule has 160 valence electrons. The van der Waals surface area contributed by atoms with Crippen molar-refractivity contribution >= 4 is 5.78 Å². The van der Waals surface area contributed by atoms with Crippen LogP contribution in [-0.4, -0.2) is 80.8 Å². The highest BCUT2D eigenvalue weighted by molar-refractivity contribution is 6.10. The second-order valence-corrected chi connectivity index (χ2v) is 8.71. The Kier molecular flexibility index (Phi) is 4.90. The lowest BCUT2D eigenvalue weighted by atomic mass is 9.67. The van der Waals surface area contributed by atoms with Crippen molar-refractivity contribution in [2.45, 2.75) is 69.9 Å². The van der Waals surface area contributed by atoms with Crippen molar-refractivity contribution in [1.82, 2.24) is 0 Å². The second kappa shape index (κ2) is 6.81. The van der Waals surface area contributed by atoms with Crippen LogP contribution in [0, 0.1) is 5.41 Å². The quantitative estimate of drug-likeness (QED) is 0.420. The number of ketones is 1. The van der Waals surface area contributed by atoms with E-state index in [2.05, 4.69) is 0 Å². The van der Waals surface area contributed by atoms with Gasteiger partial charge < -0.3 is 35.0 Å². The van der Waals surface area contributed by atoms with Gasteiger partial charge in [-0.3, -0.25) is 4.79 Å². The van der Waals surface area contributed by atoms with Gasteiger partial charge >= 0.3 is 0 Å². The van der Waals surface area contributed by atoms with Crippen LogP contribution in [0.4, 0.5) is 0 Å². The molecule has 0 aromatic rings. The average Bonchev–Trinajstić information content (AvgIpc) is 3.43. The third kappa shape index (κ3) is 2.82. The molecule has 1 aliphatic heterocycles. The molecule has 0 aromatic heterocycles. The highest BCUT2D eigenvalue weighted by Crippen LogP contribution is 2.64. The van der Waals surface area contributed by atoms with E-state index in [0.717, 1.165) is 35.1 Å². The van der Waals surface area contributed by atoms with Crippen LogP contribution < -0.4 is 0 Å². The third-order valence-electron chi connectivity index (χ3n) is 7.11. The SMILES string of the molecule is CC1=C(CO[C@@H]2O[C@@H](CO)[C@H](O)[C@@H](O)[C@@H]2O)C2=C(C)C3(CC3)C(C)(O)C(=O)C2=C1. The lowest BCUT2D eigenvalue weighted by Gasteiger charge is -2.40. The molecule has 0 amide bonds. The first-order chi connectivity index (χ1) is 13.6. The lowest BCUT2D eigenvalue weighted by molar-refractivity contribution is -0.298. The molecule has 8 nitrogen and oxygen atoms in total. The Balaban J connectivity index is 1.58. The van der Waals surface area contributed by atoms with Crippen LogP contribution in [0.2, 0.25) is 0 Å².